The molecule has 1 aliphatic heterocycles. The van der Waals surface area contributed by atoms with Crippen LogP contribution < -0.4 is 21.3 Å². The Kier molecular flexibility index (Phi) is 10.7. The number of primary amides is 1. The minimum Gasteiger partial charge on any atom is -0.506 e. The molecule has 0 spiro atoms. The van der Waals surface area contributed by atoms with Crippen LogP contribution in [0.3, 0.4) is 0 Å². The first-order valence-electron chi connectivity index (χ1n) is 12.0. The van der Waals surface area contributed by atoms with E-state index in [0.29, 0.717) is 16.4 Å². The molecule has 11 nitrogen and oxygen atoms in total. The number of fused-ring (bicyclic) bond motifs is 1. The smallest absolute Gasteiger partial charge is 0.330 e. The van der Waals surface area contributed by atoms with Gasteiger partial charge in [0.2, 0.25) is 11.9 Å². The van der Waals surface area contributed by atoms with E-state index in [1.165, 1.54) is 65.9 Å². The van der Waals surface area contributed by atoms with E-state index < -0.39 is 23.4 Å². The number of urea groups is 1. The topological polar surface area (TPSA) is 172 Å². The molecule has 0 unspecified atom stereocenters. The van der Waals surface area contributed by atoms with E-state index in [1.54, 1.807) is 11.6 Å². The number of amides is 3. The number of phenols is 2. The van der Waals surface area contributed by atoms with E-state index in [0.717, 1.165) is 12.1 Å². The number of nitrogens with zero attached hydrogens (tertiary/aromatic N) is 5. The summed E-state index contributed by atoms with van der Waals surface area (Å²) in [5.74, 6) is -0.921. The zero-order valence-electron chi connectivity index (χ0n) is 21.0. The largest absolute Gasteiger partial charge is 0.506 e. The van der Waals surface area contributed by atoms with Gasteiger partial charge >= 0.3 is 6.03 Å². The molecule has 39 heavy (non-hydrogen) atoms. The summed E-state index contributed by atoms with van der Waals surface area (Å²) in [7, 11) is 0. The zero-order chi connectivity index (χ0) is 28.5. The molecule has 0 bridgehead atoms. The lowest BCUT2D eigenvalue weighted by Crippen LogP contribution is -2.47. The van der Waals surface area contributed by atoms with Gasteiger partial charge in [-0.2, -0.15) is 4.98 Å². The molecular weight excluding hydrogens is 565 g/mol. The second kappa shape index (κ2) is 14.0. The summed E-state index contributed by atoms with van der Waals surface area (Å²) < 4.78 is 0. The van der Waals surface area contributed by atoms with Crippen LogP contribution in [0.25, 0.3) is 0 Å². The highest BCUT2D eigenvalue weighted by molar-refractivity contribution is 7.09. The van der Waals surface area contributed by atoms with E-state index in [9.17, 15) is 19.8 Å². The van der Waals surface area contributed by atoms with Crippen LogP contribution in [-0.2, 0) is 17.9 Å². The summed E-state index contributed by atoms with van der Waals surface area (Å²) in [4.78, 5) is 37.7. The van der Waals surface area contributed by atoms with Crippen molar-refractivity contribution in [3.63, 3.8) is 0 Å². The molecule has 1 aromatic carbocycles. The predicted molar refractivity (Wildman–Crippen MR) is 153 cm³/mol. The van der Waals surface area contributed by atoms with Gasteiger partial charge < -0.3 is 21.7 Å². The Morgan fingerprint density at radius 3 is 2.15 bits per heavy atom. The maximum Gasteiger partial charge on any atom is 0.330 e. The minimum absolute atomic E-state index is 0.0163. The van der Waals surface area contributed by atoms with Gasteiger partial charge in [0.15, 0.2) is 0 Å². The molecule has 0 saturated heterocycles. The summed E-state index contributed by atoms with van der Waals surface area (Å²) in [6.45, 7) is 3.24. The highest BCUT2D eigenvalue weighted by Gasteiger charge is 2.36. The Hall–Kier alpha value is -3.61. The second-order valence-corrected chi connectivity index (χ2v) is 10.3. The Bertz CT molecular complexity index is 1280. The molecular formula is C25H29Cl2N7O4S. The molecule has 3 aromatic rings. The van der Waals surface area contributed by atoms with Crippen molar-refractivity contribution in [3.05, 3.63) is 57.1 Å². The predicted octanol–water partition coefficient (Wildman–Crippen LogP) is 5.38. The van der Waals surface area contributed by atoms with Crippen molar-refractivity contribution in [1.82, 2.24) is 15.0 Å². The molecule has 6 N–H and O–H groups in total. The fourth-order valence-electron chi connectivity index (χ4n) is 3.91. The summed E-state index contributed by atoms with van der Waals surface area (Å²) in [5.41, 5.74) is 10.8. The molecule has 1 saturated carbocycles. The van der Waals surface area contributed by atoms with Crippen LogP contribution in [-0.4, -0.2) is 37.1 Å². The number of nitrogens with two attached hydrogens (primary N) is 2. The highest BCUT2D eigenvalue weighted by Crippen LogP contribution is 2.47. The number of hydrogen-bond acceptors (Lipinski definition) is 9. The Balaban J connectivity index is 0.000000320. The first-order chi connectivity index (χ1) is 18.6. The van der Waals surface area contributed by atoms with Crippen molar-refractivity contribution in [2.45, 2.75) is 51.6 Å². The molecule has 2 aliphatic rings. The fraction of sp³-hybridized carbons (Fsp3) is 0.320. The summed E-state index contributed by atoms with van der Waals surface area (Å²) in [6, 6.07) is 0.489. The molecule has 0 radical (unpaired) electrons. The van der Waals surface area contributed by atoms with Gasteiger partial charge in [-0.3, -0.25) is 14.6 Å². The lowest BCUT2D eigenvalue weighted by Gasteiger charge is -2.36. The Morgan fingerprint density at radius 1 is 1.10 bits per heavy atom. The van der Waals surface area contributed by atoms with Crippen LogP contribution in [0.2, 0.25) is 10.0 Å². The van der Waals surface area contributed by atoms with Crippen molar-refractivity contribution in [3.8, 4) is 11.5 Å². The van der Waals surface area contributed by atoms with Gasteiger partial charge in [-0.15, -0.1) is 11.3 Å². The number of anilines is 3. The SMILES string of the molecule is C1CCCCC1.C=CC(N)=O.Nc1ncc2c(n1)N(Cc1nccs1)C(=O)N(c1c(Cl)c(O)cc(O)c1Cl)C2. The van der Waals surface area contributed by atoms with E-state index in [2.05, 4.69) is 27.3 Å². The quantitative estimate of drug-likeness (QED) is 0.292. The molecule has 3 amide bonds. The summed E-state index contributed by atoms with van der Waals surface area (Å²) in [5, 5.41) is 22.1. The summed E-state index contributed by atoms with van der Waals surface area (Å²) >= 11 is 13.8. The average Bonchev–Trinajstić information content (AvgIpc) is 3.45. The molecule has 208 valence electrons. The second-order valence-electron chi connectivity index (χ2n) is 8.58. The lowest BCUT2D eigenvalue weighted by molar-refractivity contribution is -0.113. The lowest BCUT2D eigenvalue weighted by atomic mass is 10.0. The molecule has 0 atom stereocenters. The fourth-order valence-corrected chi connectivity index (χ4v) is 5.06. The van der Waals surface area contributed by atoms with Gasteiger partial charge in [0.05, 0.1) is 18.8 Å². The van der Waals surface area contributed by atoms with Crippen molar-refractivity contribution >= 4 is 63.9 Å². The van der Waals surface area contributed by atoms with Crippen LogP contribution in [0.15, 0.2) is 36.5 Å². The zero-order valence-corrected chi connectivity index (χ0v) is 23.3. The maximum atomic E-state index is 13.3. The summed E-state index contributed by atoms with van der Waals surface area (Å²) in [6.07, 6.45) is 13.2. The number of benzene rings is 1. The van der Waals surface area contributed by atoms with E-state index in [-0.39, 0.29) is 34.8 Å². The number of phenolic OH excluding ortho intramolecular Hbond substituents is 2. The molecule has 1 fully saturated rings. The van der Waals surface area contributed by atoms with Crippen molar-refractivity contribution in [1.29, 1.82) is 0 Å². The Labute approximate surface area is 239 Å². The third-order valence-electron chi connectivity index (χ3n) is 5.79. The molecule has 1 aliphatic carbocycles. The van der Waals surface area contributed by atoms with Crippen molar-refractivity contribution < 1.29 is 19.8 Å². The van der Waals surface area contributed by atoms with Gasteiger partial charge in [-0.05, 0) is 6.08 Å². The van der Waals surface area contributed by atoms with Gasteiger partial charge in [0.25, 0.3) is 0 Å². The van der Waals surface area contributed by atoms with Gasteiger partial charge in [0.1, 0.15) is 32.4 Å². The number of rotatable bonds is 4. The number of nitrogen functional groups attached to an aromatic ring is 1. The third kappa shape index (κ3) is 7.71. The van der Waals surface area contributed by atoms with Crippen molar-refractivity contribution in [2.24, 2.45) is 5.73 Å². The van der Waals surface area contributed by atoms with E-state index in [1.807, 2.05) is 0 Å². The monoisotopic (exact) mass is 593 g/mol. The maximum absolute atomic E-state index is 13.3. The van der Waals surface area contributed by atoms with Crippen molar-refractivity contribution in [2.75, 3.05) is 15.5 Å². The average molecular weight is 595 g/mol. The number of aromatic nitrogens is 3. The van der Waals surface area contributed by atoms with Gasteiger partial charge in [-0.1, -0.05) is 68.3 Å². The first kappa shape index (κ1) is 29.9. The number of aromatic hydroxyl groups is 2. The van der Waals surface area contributed by atoms with Crippen LogP contribution in [0.1, 0.15) is 49.1 Å². The number of thiazole rings is 1. The number of halogens is 2. The van der Waals surface area contributed by atoms with Crippen LogP contribution in [0, 0.1) is 0 Å². The standard InChI is InChI=1S/C16H12Cl2N6O3S.C6H12.C3H5NO/c17-11-8(25)3-9(26)12(18)13(11)23-5-7-4-21-15(19)22-14(7)24(16(23)27)6-10-20-1-2-28-10;1-2-4-6-5-3-1;1-2-3(4)5/h1-4,25-26H,5-6H2,(H2,19,21,22);1-6H2;2H,1H2,(H2,4,5). The molecule has 2 aromatic heterocycles. The van der Waals surface area contributed by atoms with E-state index in [4.69, 9.17) is 28.9 Å². The van der Waals surface area contributed by atoms with E-state index >= 15 is 0 Å². The molecule has 5 rings (SSSR count). The molecule has 3 heterocycles. The van der Waals surface area contributed by atoms with Gasteiger partial charge in [0, 0.05) is 29.4 Å². The third-order valence-corrected chi connectivity index (χ3v) is 7.30. The van der Waals surface area contributed by atoms with Gasteiger partial charge in [-0.25, -0.2) is 14.8 Å². The Morgan fingerprint density at radius 2 is 1.67 bits per heavy atom. The number of carbonyl (C=O) groups excluding carboxylic acids is 2. The number of hydrogen-bond donors (Lipinski definition) is 4. The van der Waals surface area contributed by atoms with Crippen LogP contribution >= 0.6 is 34.5 Å². The van der Waals surface area contributed by atoms with Crippen LogP contribution in [0.4, 0.5) is 22.2 Å². The van der Waals surface area contributed by atoms with Crippen LogP contribution in [0.5, 0.6) is 11.5 Å². The number of carbonyl (C=O) groups is 2. The minimum atomic E-state index is -0.519. The highest BCUT2D eigenvalue weighted by atomic mass is 35.5. The molecule has 14 heteroatoms. The first-order valence-corrected chi connectivity index (χ1v) is 13.7. The normalized spacial score (nSPS) is 14.4.